The minimum atomic E-state index is 0.190. The van der Waals surface area contributed by atoms with Crippen molar-refractivity contribution in [2.24, 2.45) is 0 Å². The lowest BCUT2D eigenvalue weighted by Gasteiger charge is -2.18. The summed E-state index contributed by atoms with van der Waals surface area (Å²) in [5.74, 6) is 1.11. The first-order chi connectivity index (χ1) is 7.93. The quantitative estimate of drug-likeness (QED) is 0.784. The van der Waals surface area contributed by atoms with Gasteiger partial charge in [0.15, 0.2) is 0 Å². The number of carbonyl (C=O) groups excluding carboxylic acids is 1. The summed E-state index contributed by atoms with van der Waals surface area (Å²) in [6.07, 6.45) is 0. The van der Waals surface area contributed by atoms with E-state index in [1.807, 2.05) is 24.9 Å². The lowest BCUT2D eigenvalue weighted by molar-refractivity contribution is -0.117. The van der Waals surface area contributed by atoms with Gasteiger partial charge in [-0.2, -0.15) is 0 Å². The summed E-state index contributed by atoms with van der Waals surface area (Å²) < 4.78 is 5.28. The van der Waals surface area contributed by atoms with E-state index in [0.29, 0.717) is 6.54 Å². The van der Waals surface area contributed by atoms with Gasteiger partial charge in [0.1, 0.15) is 11.5 Å². The summed E-state index contributed by atoms with van der Waals surface area (Å²) >= 11 is 0. The van der Waals surface area contributed by atoms with Crippen molar-refractivity contribution >= 4 is 5.78 Å². The van der Waals surface area contributed by atoms with Crippen molar-refractivity contribution in [2.45, 2.75) is 27.3 Å². The molecule has 0 aromatic heterocycles. The van der Waals surface area contributed by atoms with Gasteiger partial charge >= 0.3 is 0 Å². The van der Waals surface area contributed by atoms with E-state index < -0.39 is 0 Å². The molecule has 17 heavy (non-hydrogen) atoms. The lowest BCUT2D eigenvalue weighted by Crippen LogP contribution is -2.24. The Morgan fingerprint density at radius 1 is 1.29 bits per heavy atom. The standard InChI is InChI=1S/C14H21NO2/c1-10-7-14(17-5)11(2)6-13(10)9-15(4)8-12(3)16/h6-7H,8-9H2,1-5H3. The highest BCUT2D eigenvalue weighted by molar-refractivity contribution is 5.77. The maximum absolute atomic E-state index is 11.0. The first kappa shape index (κ1) is 13.7. The zero-order valence-electron chi connectivity index (χ0n) is 11.3. The molecule has 0 unspecified atom stereocenters. The normalized spacial score (nSPS) is 10.7. The van der Waals surface area contributed by atoms with Gasteiger partial charge in [-0.3, -0.25) is 9.69 Å². The van der Waals surface area contributed by atoms with E-state index in [1.54, 1.807) is 14.0 Å². The Balaban J connectivity index is 2.84. The fraction of sp³-hybridized carbons (Fsp3) is 0.500. The summed E-state index contributed by atoms with van der Waals surface area (Å²) in [6, 6.07) is 4.18. The van der Waals surface area contributed by atoms with E-state index >= 15 is 0 Å². The van der Waals surface area contributed by atoms with E-state index in [2.05, 4.69) is 13.0 Å². The van der Waals surface area contributed by atoms with Crippen LogP contribution in [-0.4, -0.2) is 31.4 Å². The van der Waals surface area contributed by atoms with Gasteiger partial charge in [-0.1, -0.05) is 6.07 Å². The molecule has 0 aliphatic heterocycles. The molecule has 0 aliphatic carbocycles. The van der Waals surface area contributed by atoms with Crippen molar-refractivity contribution in [3.63, 3.8) is 0 Å². The van der Waals surface area contributed by atoms with Gasteiger partial charge < -0.3 is 4.74 Å². The third-order valence-electron chi connectivity index (χ3n) is 2.79. The van der Waals surface area contributed by atoms with E-state index in [0.717, 1.165) is 17.9 Å². The number of nitrogens with zero attached hydrogens (tertiary/aromatic N) is 1. The molecule has 0 heterocycles. The number of Topliss-reactive ketones (excluding diaryl/α,β-unsaturated/α-hetero) is 1. The van der Waals surface area contributed by atoms with Gasteiger partial charge in [0.25, 0.3) is 0 Å². The Morgan fingerprint density at radius 2 is 1.94 bits per heavy atom. The minimum Gasteiger partial charge on any atom is -0.496 e. The summed E-state index contributed by atoms with van der Waals surface area (Å²) in [5.41, 5.74) is 3.57. The number of benzene rings is 1. The van der Waals surface area contributed by atoms with Gasteiger partial charge in [-0.25, -0.2) is 0 Å². The Labute approximate surface area is 103 Å². The highest BCUT2D eigenvalue weighted by Crippen LogP contribution is 2.23. The number of carbonyl (C=O) groups is 1. The van der Waals surface area contributed by atoms with Crippen LogP contribution in [0.15, 0.2) is 12.1 Å². The Hall–Kier alpha value is -1.35. The summed E-state index contributed by atoms with van der Waals surface area (Å²) in [6.45, 7) is 7.00. The van der Waals surface area contributed by atoms with Crippen molar-refractivity contribution < 1.29 is 9.53 Å². The number of hydrogen-bond donors (Lipinski definition) is 0. The van der Waals surface area contributed by atoms with Crippen molar-refractivity contribution in [2.75, 3.05) is 20.7 Å². The van der Waals surface area contributed by atoms with Gasteiger partial charge in [0.05, 0.1) is 13.7 Å². The fourth-order valence-electron chi connectivity index (χ4n) is 1.97. The Kier molecular flexibility index (Phi) is 4.70. The number of methoxy groups -OCH3 is 1. The topological polar surface area (TPSA) is 29.5 Å². The molecule has 0 bridgehead atoms. The van der Waals surface area contributed by atoms with Crippen LogP contribution >= 0.6 is 0 Å². The highest BCUT2D eigenvalue weighted by atomic mass is 16.5. The van der Waals surface area contributed by atoms with Crippen LogP contribution in [0, 0.1) is 13.8 Å². The number of ether oxygens (including phenoxy) is 1. The molecule has 0 saturated carbocycles. The van der Waals surface area contributed by atoms with Crippen molar-refractivity contribution in [1.82, 2.24) is 4.90 Å². The molecule has 94 valence electrons. The van der Waals surface area contributed by atoms with Gasteiger partial charge in [-0.15, -0.1) is 0 Å². The fourth-order valence-corrected chi connectivity index (χ4v) is 1.97. The summed E-state index contributed by atoms with van der Waals surface area (Å²) in [4.78, 5) is 13.1. The molecule has 0 aliphatic rings. The van der Waals surface area contributed by atoms with Crippen LogP contribution in [0.3, 0.4) is 0 Å². The van der Waals surface area contributed by atoms with E-state index in [-0.39, 0.29) is 5.78 Å². The third-order valence-corrected chi connectivity index (χ3v) is 2.79. The zero-order chi connectivity index (χ0) is 13.0. The van der Waals surface area contributed by atoms with E-state index in [1.165, 1.54) is 11.1 Å². The molecule has 0 N–H and O–H groups in total. The summed E-state index contributed by atoms with van der Waals surface area (Å²) in [7, 11) is 3.64. The molecular weight excluding hydrogens is 214 g/mol. The number of hydrogen-bond acceptors (Lipinski definition) is 3. The van der Waals surface area contributed by atoms with Crippen LogP contribution < -0.4 is 4.74 Å². The van der Waals surface area contributed by atoms with Gasteiger partial charge in [-0.05, 0) is 50.6 Å². The lowest BCUT2D eigenvalue weighted by atomic mass is 10.0. The first-order valence-electron chi connectivity index (χ1n) is 5.76. The highest BCUT2D eigenvalue weighted by Gasteiger charge is 2.08. The SMILES string of the molecule is COc1cc(C)c(CN(C)CC(C)=O)cc1C. The van der Waals surface area contributed by atoms with Crippen LogP contribution in [0.2, 0.25) is 0 Å². The second-order valence-corrected chi connectivity index (χ2v) is 4.62. The molecule has 0 spiro atoms. The zero-order valence-corrected chi connectivity index (χ0v) is 11.3. The molecule has 1 aromatic carbocycles. The van der Waals surface area contributed by atoms with Crippen LogP contribution in [0.25, 0.3) is 0 Å². The molecule has 0 radical (unpaired) electrons. The molecule has 0 amide bonds. The van der Waals surface area contributed by atoms with Crippen LogP contribution in [0.1, 0.15) is 23.6 Å². The van der Waals surface area contributed by atoms with Crippen LogP contribution in [0.5, 0.6) is 5.75 Å². The number of aryl methyl sites for hydroxylation is 2. The number of likely N-dealkylation sites (N-methyl/N-ethyl adjacent to an activating group) is 1. The average molecular weight is 235 g/mol. The number of rotatable bonds is 5. The molecule has 0 fully saturated rings. The minimum absolute atomic E-state index is 0.190. The summed E-state index contributed by atoms with van der Waals surface area (Å²) in [5, 5.41) is 0. The average Bonchev–Trinajstić information content (AvgIpc) is 2.21. The predicted octanol–water partition coefficient (Wildman–Crippen LogP) is 2.33. The monoisotopic (exact) mass is 235 g/mol. The molecular formula is C14H21NO2. The van der Waals surface area contributed by atoms with E-state index in [4.69, 9.17) is 4.74 Å². The maximum Gasteiger partial charge on any atom is 0.143 e. The Morgan fingerprint density at radius 3 is 2.47 bits per heavy atom. The molecule has 3 nitrogen and oxygen atoms in total. The van der Waals surface area contributed by atoms with E-state index in [9.17, 15) is 4.79 Å². The second kappa shape index (κ2) is 5.82. The van der Waals surface area contributed by atoms with Crippen molar-refractivity contribution in [3.05, 3.63) is 28.8 Å². The molecule has 1 aromatic rings. The van der Waals surface area contributed by atoms with Crippen LogP contribution in [-0.2, 0) is 11.3 Å². The second-order valence-electron chi connectivity index (χ2n) is 4.62. The van der Waals surface area contributed by atoms with Crippen molar-refractivity contribution in [3.8, 4) is 5.75 Å². The molecule has 0 saturated heterocycles. The largest absolute Gasteiger partial charge is 0.496 e. The molecule has 1 rings (SSSR count). The Bertz CT molecular complexity index is 413. The third kappa shape index (κ3) is 3.86. The maximum atomic E-state index is 11.0. The predicted molar refractivity (Wildman–Crippen MR) is 69.5 cm³/mol. The smallest absolute Gasteiger partial charge is 0.143 e. The van der Waals surface area contributed by atoms with Crippen LogP contribution in [0.4, 0.5) is 0 Å². The first-order valence-corrected chi connectivity index (χ1v) is 5.76. The van der Waals surface area contributed by atoms with Crippen molar-refractivity contribution in [1.29, 1.82) is 0 Å². The molecule has 3 heteroatoms. The number of ketones is 1. The van der Waals surface area contributed by atoms with Gasteiger partial charge in [0.2, 0.25) is 0 Å². The molecule has 0 atom stereocenters. The van der Waals surface area contributed by atoms with Gasteiger partial charge in [0, 0.05) is 6.54 Å².